The fraction of sp³-hybridized carbons (Fsp3) is 0.400. The molecule has 1 rings (SSSR count). The van der Waals surface area contributed by atoms with Gasteiger partial charge in [0.25, 0.3) is 0 Å². The summed E-state index contributed by atoms with van der Waals surface area (Å²) in [7, 11) is -3.80. The van der Waals surface area contributed by atoms with Gasteiger partial charge in [-0.2, -0.15) is 0 Å². The molecule has 8 heteroatoms. The fourth-order valence-electron chi connectivity index (χ4n) is 1.20. The van der Waals surface area contributed by atoms with Gasteiger partial charge in [-0.25, -0.2) is 21.6 Å². The molecule has 0 bridgehead atoms. The molecule has 0 fully saturated rings. The van der Waals surface area contributed by atoms with E-state index in [0.29, 0.717) is 12.6 Å². The maximum Gasteiger partial charge on any atom is 0.234 e. The summed E-state index contributed by atoms with van der Waals surface area (Å²) in [5.41, 5.74) is -0.606. The van der Waals surface area contributed by atoms with Crippen molar-refractivity contribution in [3.8, 4) is 0 Å². The number of hydrogen-bond acceptors (Lipinski definition) is 3. The second kappa shape index (κ2) is 6.05. The second-order valence-corrected chi connectivity index (χ2v) is 5.36. The lowest BCUT2D eigenvalue weighted by Gasteiger charge is -2.09. The van der Waals surface area contributed by atoms with Crippen molar-refractivity contribution in [2.45, 2.75) is 6.92 Å². The molecule has 0 aliphatic carbocycles. The van der Waals surface area contributed by atoms with E-state index in [1.54, 1.807) is 6.92 Å². The molecular formula is C10H13F3N2O2S. The van der Waals surface area contributed by atoms with Gasteiger partial charge in [-0.3, -0.25) is 4.72 Å². The Bertz CT molecular complexity index is 520. The van der Waals surface area contributed by atoms with E-state index < -0.39 is 33.2 Å². The zero-order valence-corrected chi connectivity index (χ0v) is 10.5. The minimum Gasteiger partial charge on any atom is -0.316 e. The van der Waals surface area contributed by atoms with E-state index in [4.69, 9.17) is 0 Å². The van der Waals surface area contributed by atoms with Gasteiger partial charge >= 0.3 is 0 Å². The highest BCUT2D eigenvalue weighted by Gasteiger charge is 2.15. The van der Waals surface area contributed by atoms with Gasteiger partial charge in [-0.15, -0.1) is 0 Å². The molecular weight excluding hydrogens is 269 g/mol. The van der Waals surface area contributed by atoms with E-state index >= 15 is 0 Å². The quantitative estimate of drug-likeness (QED) is 0.613. The minimum atomic E-state index is -3.80. The molecule has 0 aliphatic rings. The van der Waals surface area contributed by atoms with Crippen LogP contribution in [-0.4, -0.2) is 27.3 Å². The largest absolute Gasteiger partial charge is 0.316 e. The molecule has 4 nitrogen and oxygen atoms in total. The van der Waals surface area contributed by atoms with Crippen LogP contribution in [0.15, 0.2) is 12.1 Å². The lowest BCUT2D eigenvalue weighted by Crippen LogP contribution is -2.26. The molecule has 0 radical (unpaired) electrons. The van der Waals surface area contributed by atoms with Crippen molar-refractivity contribution in [1.82, 2.24) is 5.32 Å². The second-order valence-electron chi connectivity index (χ2n) is 3.52. The number of anilines is 1. The van der Waals surface area contributed by atoms with Gasteiger partial charge in [0.2, 0.25) is 10.0 Å². The van der Waals surface area contributed by atoms with E-state index in [0.717, 1.165) is 0 Å². The summed E-state index contributed by atoms with van der Waals surface area (Å²) < 4.78 is 63.5. The highest BCUT2D eigenvalue weighted by atomic mass is 32.2. The average Bonchev–Trinajstić information content (AvgIpc) is 2.26. The zero-order chi connectivity index (χ0) is 13.8. The Hall–Kier alpha value is -1.28. The summed E-state index contributed by atoms with van der Waals surface area (Å²) in [5.74, 6) is -4.15. The monoisotopic (exact) mass is 282 g/mol. The molecule has 2 N–H and O–H groups in total. The van der Waals surface area contributed by atoms with Crippen molar-refractivity contribution in [2.24, 2.45) is 0 Å². The first kappa shape index (κ1) is 14.8. The average molecular weight is 282 g/mol. The fourth-order valence-corrected chi connectivity index (χ4v) is 2.21. The van der Waals surface area contributed by atoms with E-state index in [-0.39, 0.29) is 18.4 Å². The predicted molar refractivity (Wildman–Crippen MR) is 62.3 cm³/mol. The molecule has 0 spiro atoms. The number of benzene rings is 1. The van der Waals surface area contributed by atoms with Gasteiger partial charge < -0.3 is 5.32 Å². The van der Waals surface area contributed by atoms with Crippen molar-refractivity contribution in [1.29, 1.82) is 0 Å². The van der Waals surface area contributed by atoms with Gasteiger partial charge in [0.1, 0.15) is 5.82 Å². The molecule has 0 unspecified atom stereocenters. The summed E-state index contributed by atoms with van der Waals surface area (Å²) in [5, 5.41) is 2.78. The van der Waals surface area contributed by atoms with Crippen molar-refractivity contribution < 1.29 is 21.6 Å². The molecule has 0 aromatic heterocycles. The van der Waals surface area contributed by atoms with Crippen LogP contribution >= 0.6 is 0 Å². The Morgan fingerprint density at radius 1 is 1.11 bits per heavy atom. The van der Waals surface area contributed by atoms with Crippen molar-refractivity contribution >= 4 is 15.7 Å². The van der Waals surface area contributed by atoms with E-state index in [1.807, 2.05) is 4.72 Å². The van der Waals surface area contributed by atoms with E-state index in [1.165, 1.54) is 0 Å². The van der Waals surface area contributed by atoms with Gasteiger partial charge in [0.15, 0.2) is 11.6 Å². The first-order valence-corrected chi connectivity index (χ1v) is 6.86. The third-order valence-corrected chi connectivity index (χ3v) is 3.35. The molecule has 0 saturated carbocycles. The first-order valence-electron chi connectivity index (χ1n) is 5.21. The standard InChI is InChI=1S/C10H13F3N2O2S/c1-2-14-3-4-18(16,17)15-10-6-8(12)7(11)5-9(10)13/h5-6,14-15H,2-4H2,1H3. The van der Waals surface area contributed by atoms with Crippen LogP contribution in [0, 0.1) is 17.5 Å². The molecule has 1 aromatic carbocycles. The summed E-state index contributed by atoms with van der Waals surface area (Å²) >= 11 is 0. The Labute approximate surface area is 103 Å². The molecule has 0 amide bonds. The van der Waals surface area contributed by atoms with Crippen LogP contribution in [0.2, 0.25) is 0 Å². The van der Waals surface area contributed by atoms with Crippen molar-refractivity contribution in [3.63, 3.8) is 0 Å². The van der Waals surface area contributed by atoms with Gasteiger partial charge in [0, 0.05) is 18.7 Å². The molecule has 1 aromatic rings. The summed E-state index contributed by atoms with van der Waals surface area (Å²) in [6.45, 7) is 2.57. The van der Waals surface area contributed by atoms with Crippen LogP contribution in [0.5, 0.6) is 0 Å². The van der Waals surface area contributed by atoms with E-state index in [2.05, 4.69) is 5.32 Å². The molecule has 102 valence electrons. The maximum atomic E-state index is 13.2. The summed E-state index contributed by atoms with van der Waals surface area (Å²) in [6.07, 6.45) is 0. The molecule has 0 atom stereocenters. The smallest absolute Gasteiger partial charge is 0.234 e. The van der Waals surface area contributed by atoms with Gasteiger partial charge in [-0.1, -0.05) is 6.92 Å². The van der Waals surface area contributed by atoms with Crippen LogP contribution in [-0.2, 0) is 10.0 Å². The first-order chi connectivity index (χ1) is 8.35. The number of hydrogen-bond donors (Lipinski definition) is 2. The highest BCUT2D eigenvalue weighted by molar-refractivity contribution is 7.92. The number of sulfonamides is 1. The van der Waals surface area contributed by atoms with Crippen LogP contribution in [0.3, 0.4) is 0 Å². The lowest BCUT2D eigenvalue weighted by molar-refractivity contribution is 0.496. The molecule has 18 heavy (non-hydrogen) atoms. The van der Waals surface area contributed by atoms with Gasteiger partial charge in [-0.05, 0) is 6.54 Å². The predicted octanol–water partition coefficient (Wildman–Crippen LogP) is 1.46. The zero-order valence-electron chi connectivity index (χ0n) is 9.63. The van der Waals surface area contributed by atoms with Crippen molar-refractivity contribution in [2.75, 3.05) is 23.6 Å². The number of halogens is 3. The Balaban J connectivity index is 2.81. The van der Waals surface area contributed by atoms with Crippen LogP contribution in [0.1, 0.15) is 6.92 Å². The summed E-state index contributed by atoms with van der Waals surface area (Å²) in [6, 6.07) is 0.757. The Kier molecular flexibility index (Phi) is 4.97. The topological polar surface area (TPSA) is 58.2 Å². The number of rotatable bonds is 6. The molecule has 0 aliphatic heterocycles. The Morgan fingerprint density at radius 3 is 2.33 bits per heavy atom. The van der Waals surface area contributed by atoms with Crippen LogP contribution in [0.25, 0.3) is 0 Å². The third-order valence-electron chi connectivity index (χ3n) is 2.07. The Morgan fingerprint density at radius 2 is 1.72 bits per heavy atom. The lowest BCUT2D eigenvalue weighted by atomic mass is 10.3. The minimum absolute atomic E-state index is 0.178. The molecule has 0 saturated heterocycles. The van der Waals surface area contributed by atoms with Crippen molar-refractivity contribution in [3.05, 3.63) is 29.6 Å². The maximum absolute atomic E-state index is 13.2. The van der Waals surface area contributed by atoms with Crippen LogP contribution < -0.4 is 10.0 Å². The third kappa shape index (κ3) is 4.19. The number of nitrogens with one attached hydrogen (secondary N) is 2. The normalized spacial score (nSPS) is 11.6. The van der Waals surface area contributed by atoms with Gasteiger partial charge in [0.05, 0.1) is 11.4 Å². The summed E-state index contributed by atoms with van der Waals surface area (Å²) in [4.78, 5) is 0. The highest BCUT2D eigenvalue weighted by Crippen LogP contribution is 2.19. The molecule has 0 heterocycles. The van der Waals surface area contributed by atoms with E-state index in [9.17, 15) is 21.6 Å². The van der Waals surface area contributed by atoms with Crippen LogP contribution in [0.4, 0.5) is 18.9 Å². The SMILES string of the molecule is CCNCCS(=O)(=O)Nc1cc(F)c(F)cc1F.